The summed E-state index contributed by atoms with van der Waals surface area (Å²) >= 11 is 0. The number of allylic oxidation sites excluding steroid dienone is 3. The van der Waals surface area contributed by atoms with Gasteiger partial charge in [-0.1, -0.05) is 19.9 Å². The Morgan fingerprint density at radius 3 is 2.89 bits per heavy atom. The van der Waals surface area contributed by atoms with Gasteiger partial charge in [-0.15, -0.1) is 0 Å². The molecule has 0 bridgehead atoms. The van der Waals surface area contributed by atoms with Gasteiger partial charge in [0.15, 0.2) is 0 Å². The number of rotatable bonds is 3. The van der Waals surface area contributed by atoms with Crippen molar-refractivity contribution in [1.82, 2.24) is 4.90 Å². The van der Waals surface area contributed by atoms with Crippen LogP contribution in [0.1, 0.15) is 33.1 Å². The van der Waals surface area contributed by atoms with Crippen molar-refractivity contribution in [3.63, 3.8) is 0 Å². The average Bonchev–Trinajstić information content (AvgIpc) is 2.35. The summed E-state index contributed by atoms with van der Waals surface area (Å²) < 4.78 is 14.1. The van der Waals surface area contributed by atoms with Gasteiger partial charge in [0.05, 0.1) is 6.04 Å². The van der Waals surface area contributed by atoms with Crippen molar-refractivity contribution in [2.45, 2.75) is 39.2 Å². The molecule has 3 nitrogen and oxygen atoms in total. The molecule has 0 aromatic carbocycles. The van der Waals surface area contributed by atoms with Crippen LogP contribution >= 0.6 is 0 Å². The van der Waals surface area contributed by atoms with Crippen LogP contribution in [0.2, 0.25) is 0 Å². The second-order valence-electron chi connectivity index (χ2n) is 5.71. The van der Waals surface area contributed by atoms with Crippen LogP contribution in [0.5, 0.6) is 0 Å². The van der Waals surface area contributed by atoms with Crippen LogP contribution in [0.3, 0.4) is 0 Å². The molecule has 19 heavy (non-hydrogen) atoms. The van der Waals surface area contributed by atoms with E-state index < -0.39 is 6.04 Å². The molecule has 1 aliphatic heterocycles. The van der Waals surface area contributed by atoms with Crippen LogP contribution in [0.4, 0.5) is 4.39 Å². The summed E-state index contributed by atoms with van der Waals surface area (Å²) in [4.78, 5) is 13.7. The van der Waals surface area contributed by atoms with Gasteiger partial charge >= 0.3 is 0 Å². The SMILES string of the molecule is CCCN1CC(C2=CCC(C)C=C2F)CC(N)C1=O. The molecule has 1 aliphatic carbocycles. The first-order valence-electron chi connectivity index (χ1n) is 7.15. The van der Waals surface area contributed by atoms with Crippen LogP contribution < -0.4 is 5.73 Å². The number of piperidine rings is 1. The smallest absolute Gasteiger partial charge is 0.239 e. The highest BCUT2D eigenvalue weighted by Crippen LogP contribution is 2.34. The number of nitrogens with two attached hydrogens (primary N) is 1. The van der Waals surface area contributed by atoms with Crippen molar-refractivity contribution in [3.8, 4) is 0 Å². The topological polar surface area (TPSA) is 46.3 Å². The molecule has 1 fully saturated rings. The molecule has 3 unspecified atom stereocenters. The van der Waals surface area contributed by atoms with Crippen molar-refractivity contribution >= 4 is 5.91 Å². The molecule has 0 radical (unpaired) electrons. The van der Waals surface area contributed by atoms with Crippen LogP contribution in [-0.4, -0.2) is 29.9 Å². The first-order chi connectivity index (χ1) is 9.02. The minimum Gasteiger partial charge on any atom is -0.341 e. The van der Waals surface area contributed by atoms with E-state index in [0.29, 0.717) is 19.5 Å². The predicted octanol–water partition coefficient (Wildman–Crippen LogP) is 2.39. The molecule has 0 aromatic rings. The van der Waals surface area contributed by atoms with Crippen molar-refractivity contribution in [2.24, 2.45) is 17.6 Å². The summed E-state index contributed by atoms with van der Waals surface area (Å²) in [6, 6.07) is -0.488. The molecule has 1 amide bonds. The fourth-order valence-electron chi connectivity index (χ4n) is 2.96. The van der Waals surface area contributed by atoms with Crippen molar-refractivity contribution in [1.29, 1.82) is 0 Å². The van der Waals surface area contributed by atoms with Crippen LogP contribution in [0.15, 0.2) is 23.6 Å². The van der Waals surface area contributed by atoms with Crippen LogP contribution in [0.25, 0.3) is 0 Å². The van der Waals surface area contributed by atoms with Gasteiger partial charge in [-0.25, -0.2) is 4.39 Å². The maximum Gasteiger partial charge on any atom is 0.239 e. The van der Waals surface area contributed by atoms with E-state index >= 15 is 0 Å². The molecular weight excluding hydrogens is 243 g/mol. The molecular formula is C15H23FN2O. The Morgan fingerprint density at radius 1 is 1.53 bits per heavy atom. The van der Waals surface area contributed by atoms with E-state index in [2.05, 4.69) is 0 Å². The molecule has 0 saturated carbocycles. The lowest BCUT2D eigenvalue weighted by atomic mass is 9.83. The Balaban J connectivity index is 2.13. The van der Waals surface area contributed by atoms with E-state index in [1.807, 2.05) is 19.9 Å². The number of hydrogen-bond acceptors (Lipinski definition) is 2. The molecule has 2 aliphatic rings. The van der Waals surface area contributed by atoms with E-state index in [0.717, 1.165) is 18.4 Å². The lowest BCUT2D eigenvalue weighted by molar-refractivity contribution is -0.136. The molecule has 3 atom stereocenters. The quantitative estimate of drug-likeness (QED) is 0.852. The zero-order valence-corrected chi connectivity index (χ0v) is 11.7. The Morgan fingerprint density at radius 2 is 2.26 bits per heavy atom. The number of nitrogens with zero attached hydrogens (tertiary/aromatic N) is 1. The summed E-state index contributed by atoms with van der Waals surface area (Å²) in [6.45, 7) is 5.34. The normalized spacial score (nSPS) is 32.1. The first-order valence-corrected chi connectivity index (χ1v) is 7.15. The third-order valence-electron chi connectivity index (χ3n) is 3.96. The highest BCUT2D eigenvalue weighted by atomic mass is 19.1. The molecule has 2 N–H and O–H groups in total. The lowest BCUT2D eigenvalue weighted by Gasteiger charge is -2.37. The zero-order valence-electron chi connectivity index (χ0n) is 11.7. The Labute approximate surface area is 114 Å². The predicted molar refractivity (Wildman–Crippen MR) is 74.0 cm³/mol. The summed E-state index contributed by atoms with van der Waals surface area (Å²) in [5, 5.41) is 0. The van der Waals surface area contributed by atoms with E-state index in [9.17, 15) is 9.18 Å². The maximum atomic E-state index is 14.1. The van der Waals surface area contributed by atoms with E-state index in [1.54, 1.807) is 11.0 Å². The molecule has 2 rings (SSSR count). The van der Waals surface area contributed by atoms with E-state index in [4.69, 9.17) is 5.73 Å². The molecule has 106 valence electrons. The largest absolute Gasteiger partial charge is 0.341 e. The Bertz CT molecular complexity index is 416. The standard InChI is InChI=1S/C15H23FN2O/c1-3-6-18-9-11(8-14(17)15(18)19)12-5-4-10(2)7-13(12)16/h5,7,10-11,14H,3-4,6,8-9,17H2,1-2H3. The van der Waals surface area contributed by atoms with Gasteiger partial charge in [0.1, 0.15) is 5.83 Å². The minimum absolute atomic E-state index is 0.00673. The first kappa shape index (κ1) is 14.3. The number of halogens is 1. The van der Waals surface area contributed by atoms with Crippen LogP contribution in [-0.2, 0) is 4.79 Å². The number of likely N-dealkylation sites (tertiary alicyclic amines) is 1. The van der Waals surface area contributed by atoms with Gasteiger partial charge in [0, 0.05) is 19.0 Å². The van der Waals surface area contributed by atoms with Crippen LogP contribution in [0, 0.1) is 11.8 Å². The summed E-state index contributed by atoms with van der Waals surface area (Å²) in [7, 11) is 0. The molecule has 4 heteroatoms. The summed E-state index contributed by atoms with van der Waals surface area (Å²) in [5.74, 6) is 0.186. The highest BCUT2D eigenvalue weighted by Gasteiger charge is 2.34. The number of carbonyl (C=O) groups excluding carboxylic acids is 1. The third kappa shape index (κ3) is 3.06. The summed E-state index contributed by atoms with van der Waals surface area (Å²) in [6.07, 6.45) is 6.00. The van der Waals surface area contributed by atoms with Gasteiger partial charge in [0.2, 0.25) is 5.91 Å². The fourth-order valence-corrected chi connectivity index (χ4v) is 2.96. The monoisotopic (exact) mass is 266 g/mol. The molecule has 0 spiro atoms. The van der Waals surface area contributed by atoms with Crippen molar-refractivity contribution < 1.29 is 9.18 Å². The van der Waals surface area contributed by atoms with Gasteiger partial charge < -0.3 is 10.6 Å². The van der Waals surface area contributed by atoms with Gasteiger partial charge in [-0.2, -0.15) is 0 Å². The third-order valence-corrected chi connectivity index (χ3v) is 3.96. The van der Waals surface area contributed by atoms with E-state index in [-0.39, 0.29) is 23.6 Å². The average molecular weight is 266 g/mol. The van der Waals surface area contributed by atoms with Gasteiger partial charge in [-0.05, 0) is 36.8 Å². The number of hydrogen-bond donors (Lipinski definition) is 1. The lowest BCUT2D eigenvalue weighted by Crippen LogP contribution is -2.52. The zero-order chi connectivity index (χ0) is 14.0. The maximum absolute atomic E-state index is 14.1. The molecule has 1 heterocycles. The summed E-state index contributed by atoms with van der Waals surface area (Å²) in [5.41, 5.74) is 6.66. The second kappa shape index (κ2) is 5.87. The van der Waals surface area contributed by atoms with Gasteiger partial charge in [-0.3, -0.25) is 4.79 Å². The number of carbonyl (C=O) groups is 1. The van der Waals surface area contributed by atoms with Crippen molar-refractivity contribution in [3.05, 3.63) is 23.6 Å². The van der Waals surface area contributed by atoms with Gasteiger partial charge in [0.25, 0.3) is 0 Å². The Kier molecular flexibility index (Phi) is 4.40. The number of amides is 1. The Hall–Kier alpha value is -1.16. The van der Waals surface area contributed by atoms with Crippen molar-refractivity contribution in [2.75, 3.05) is 13.1 Å². The minimum atomic E-state index is -0.488. The molecule has 0 aromatic heterocycles. The molecule has 1 saturated heterocycles. The second-order valence-corrected chi connectivity index (χ2v) is 5.71. The fraction of sp³-hybridized carbons (Fsp3) is 0.667. The highest BCUT2D eigenvalue weighted by molar-refractivity contribution is 5.82. The van der Waals surface area contributed by atoms with E-state index in [1.165, 1.54) is 0 Å².